The molecule has 1 N–H and O–H groups in total. The molecule has 0 radical (unpaired) electrons. The van der Waals surface area contributed by atoms with E-state index in [1.165, 1.54) is 0 Å². The minimum atomic E-state index is -0.320. The fourth-order valence-electron chi connectivity index (χ4n) is 4.71. The molecule has 1 heterocycles. The van der Waals surface area contributed by atoms with Crippen LogP contribution in [0.25, 0.3) is 0 Å². The largest absolute Gasteiger partial charge is 0.449 e. The molecule has 2 amide bonds. The third-order valence-electron chi connectivity index (χ3n) is 6.79. The second-order valence-electron chi connectivity index (χ2n) is 9.06. The lowest BCUT2D eigenvalue weighted by molar-refractivity contribution is -0.123. The number of piperidine rings is 1. The fraction of sp³-hybridized carbons (Fsp3) is 0.357. The molecule has 1 saturated heterocycles. The summed E-state index contributed by atoms with van der Waals surface area (Å²) in [7, 11) is 0. The third-order valence-corrected chi connectivity index (χ3v) is 7.16. The van der Waals surface area contributed by atoms with Gasteiger partial charge in [-0.3, -0.25) is 4.79 Å². The van der Waals surface area contributed by atoms with Crippen molar-refractivity contribution < 1.29 is 14.3 Å². The molecule has 2 aromatic carbocycles. The molecule has 0 bridgehead atoms. The van der Waals surface area contributed by atoms with Crippen LogP contribution in [-0.2, 0) is 21.5 Å². The van der Waals surface area contributed by atoms with E-state index in [2.05, 4.69) is 29.6 Å². The summed E-state index contributed by atoms with van der Waals surface area (Å²) in [4.78, 5) is 27.4. The Balaban J connectivity index is 1.36. The number of benzene rings is 2. The van der Waals surface area contributed by atoms with E-state index in [0.29, 0.717) is 50.5 Å². The number of rotatable bonds is 7. The van der Waals surface area contributed by atoms with Gasteiger partial charge in [-0.1, -0.05) is 84.4 Å². The minimum Gasteiger partial charge on any atom is -0.449 e. The quantitative estimate of drug-likeness (QED) is 0.559. The Kier molecular flexibility index (Phi) is 8.07. The van der Waals surface area contributed by atoms with E-state index in [1.807, 2.05) is 54.6 Å². The van der Waals surface area contributed by atoms with Crippen LogP contribution in [0.3, 0.4) is 0 Å². The average Bonchev–Trinajstić information content (AvgIpc) is 2.88. The summed E-state index contributed by atoms with van der Waals surface area (Å²) in [6, 6.07) is 17.7. The van der Waals surface area contributed by atoms with Gasteiger partial charge in [0.2, 0.25) is 5.91 Å². The van der Waals surface area contributed by atoms with Crippen LogP contribution >= 0.6 is 11.6 Å². The van der Waals surface area contributed by atoms with Crippen LogP contribution in [0.1, 0.15) is 36.8 Å². The number of nitrogens with zero attached hydrogens (tertiary/aromatic N) is 1. The van der Waals surface area contributed by atoms with Gasteiger partial charge in [-0.15, -0.1) is 0 Å². The minimum absolute atomic E-state index is 0.0167. The van der Waals surface area contributed by atoms with Crippen molar-refractivity contribution >= 4 is 23.6 Å². The smallest absolute Gasteiger partial charge is 0.409 e. The zero-order valence-corrected chi connectivity index (χ0v) is 20.0. The lowest BCUT2D eigenvalue weighted by atomic mass is 9.70. The summed E-state index contributed by atoms with van der Waals surface area (Å²) in [5, 5.41) is 3.68. The number of allylic oxidation sites excluding steroid dienone is 3. The Bertz CT molecular complexity index is 1040. The summed E-state index contributed by atoms with van der Waals surface area (Å²) in [5.74, 6) is 0.223. The average molecular weight is 479 g/mol. The van der Waals surface area contributed by atoms with Gasteiger partial charge in [0.25, 0.3) is 0 Å². The number of amides is 2. The van der Waals surface area contributed by atoms with Crippen molar-refractivity contribution in [3.63, 3.8) is 0 Å². The first kappa shape index (κ1) is 24.1. The van der Waals surface area contributed by atoms with Crippen molar-refractivity contribution in [3.05, 3.63) is 95.1 Å². The van der Waals surface area contributed by atoms with Gasteiger partial charge in [0.05, 0.1) is 6.61 Å². The molecule has 2 aliphatic rings. The predicted molar refractivity (Wildman–Crippen MR) is 135 cm³/mol. The van der Waals surface area contributed by atoms with Crippen molar-refractivity contribution in [2.45, 2.75) is 37.6 Å². The van der Waals surface area contributed by atoms with E-state index in [9.17, 15) is 9.59 Å². The van der Waals surface area contributed by atoms with Gasteiger partial charge in [-0.2, -0.15) is 0 Å². The van der Waals surface area contributed by atoms with Crippen molar-refractivity contribution in [3.8, 4) is 0 Å². The second-order valence-corrected chi connectivity index (χ2v) is 9.47. The number of nitrogens with one attached hydrogen (secondary N) is 1. The number of halogens is 1. The number of carbonyl (C=O) groups excluding carboxylic acids is 2. The van der Waals surface area contributed by atoms with E-state index >= 15 is 0 Å². The summed E-state index contributed by atoms with van der Waals surface area (Å²) >= 11 is 6.24. The van der Waals surface area contributed by atoms with Crippen LogP contribution in [0.5, 0.6) is 0 Å². The SMILES string of the molecule is O=C(CC1(c2ccccc2)CCN(C(=O)OCC2C=CC=CC2)CC1)NCc1ccccc1Cl. The first-order valence-corrected chi connectivity index (χ1v) is 12.2. The number of hydrogen-bond acceptors (Lipinski definition) is 3. The lowest BCUT2D eigenvalue weighted by Crippen LogP contribution is -2.47. The number of likely N-dealkylation sites (tertiary alicyclic amines) is 1. The lowest BCUT2D eigenvalue weighted by Gasteiger charge is -2.41. The van der Waals surface area contributed by atoms with Gasteiger partial charge in [-0.05, 0) is 36.5 Å². The Morgan fingerprint density at radius 1 is 1.03 bits per heavy atom. The van der Waals surface area contributed by atoms with Crippen LogP contribution in [0.15, 0.2) is 78.9 Å². The molecule has 4 rings (SSSR count). The zero-order chi connectivity index (χ0) is 23.8. The molecule has 1 aliphatic heterocycles. The molecule has 5 nitrogen and oxygen atoms in total. The highest BCUT2D eigenvalue weighted by molar-refractivity contribution is 6.31. The van der Waals surface area contributed by atoms with E-state index in [0.717, 1.165) is 17.5 Å². The Morgan fingerprint density at radius 3 is 2.47 bits per heavy atom. The Hall–Kier alpha value is -3.05. The van der Waals surface area contributed by atoms with Crippen LogP contribution in [0.4, 0.5) is 4.79 Å². The van der Waals surface area contributed by atoms with Crippen LogP contribution < -0.4 is 5.32 Å². The molecule has 1 aliphatic carbocycles. The first-order valence-electron chi connectivity index (χ1n) is 11.9. The number of carbonyl (C=O) groups is 2. The first-order chi connectivity index (χ1) is 16.6. The highest BCUT2D eigenvalue weighted by Gasteiger charge is 2.39. The summed E-state index contributed by atoms with van der Waals surface area (Å²) in [5.41, 5.74) is 1.71. The molecule has 178 valence electrons. The van der Waals surface area contributed by atoms with Crippen LogP contribution in [0, 0.1) is 5.92 Å². The normalized spacial score (nSPS) is 19.0. The van der Waals surface area contributed by atoms with Gasteiger partial charge in [0, 0.05) is 42.4 Å². The van der Waals surface area contributed by atoms with E-state index in [4.69, 9.17) is 16.3 Å². The van der Waals surface area contributed by atoms with Gasteiger partial charge in [-0.25, -0.2) is 4.79 Å². The zero-order valence-electron chi connectivity index (χ0n) is 19.3. The summed E-state index contributed by atoms with van der Waals surface area (Å²) in [6.45, 7) is 1.91. The monoisotopic (exact) mass is 478 g/mol. The van der Waals surface area contributed by atoms with E-state index in [1.54, 1.807) is 4.90 Å². The number of hydrogen-bond donors (Lipinski definition) is 1. The molecule has 34 heavy (non-hydrogen) atoms. The molecular formula is C28H31ClN2O3. The molecule has 1 atom stereocenters. The van der Waals surface area contributed by atoms with Crippen LogP contribution in [0.2, 0.25) is 5.02 Å². The maximum Gasteiger partial charge on any atom is 0.409 e. The van der Waals surface area contributed by atoms with Gasteiger partial charge >= 0.3 is 6.09 Å². The van der Waals surface area contributed by atoms with Crippen molar-refractivity contribution in [1.29, 1.82) is 0 Å². The van der Waals surface area contributed by atoms with Crippen molar-refractivity contribution in [2.24, 2.45) is 5.92 Å². The molecule has 1 unspecified atom stereocenters. The topological polar surface area (TPSA) is 58.6 Å². The van der Waals surface area contributed by atoms with Gasteiger partial charge < -0.3 is 15.0 Å². The summed E-state index contributed by atoms with van der Waals surface area (Å²) < 4.78 is 5.58. The molecule has 0 aromatic heterocycles. The van der Waals surface area contributed by atoms with Crippen molar-refractivity contribution in [1.82, 2.24) is 10.2 Å². The third kappa shape index (κ3) is 6.09. The van der Waals surface area contributed by atoms with Crippen LogP contribution in [-0.4, -0.2) is 36.6 Å². The Morgan fingerprint density at radius 2 is 1.76 bits per heavy atom. The molecule has 2 aromatic rings. The molecule has 0 spiro atoms. The predicted octanol–water partition coefficient (Wildman–Crippen LogP) is 5.65. The van der Waals surface area contributed by atoms with E-state index < -0.39 is 0 Å². The van der Waals surface area contributed by atoms with Gasteiger partial charge in [0.15, 0.2) is 0 Å². The highest BCUT2D eigenvalue weighted by Crippen LogP contribution is 2.39. The van der Waals surface area contributed by atoms with E-state index in [-0.39, 0.29) is 23.3 Å². The highest BCUT2D eigenvalue weighted by atomic mass is 35.5. The number of ether oxygens (including phenoxy) is 1. The Labute approximate surface area is 206 Å². The standard InChI is InChI=1S/C28H31ClN2O3/c29-25-14-8-7-11-23(25)20-30-26(32)19-28(24-12-5-2-6-13-24)15-17-31(18-16-28)27(33)34-21-22-9-3-1-4-10-22/h1-9,11-14,22H,10,15-21H2,(H,30,32). The van der Waals surface area contributed by atoms with Crippen molar-refractivity contribution in [2.75, 3.05) is 19.7 Å². The van der Waals surface area contributed by atoms with Gasteiger partial charge in [0.1, 0.15) is 0 Å². The molecule has 6 heteroatoms. The fourth-order valence-corrected chi connectivity index (χ4v) is 4.91. The molecule has 0 saturated carbocycles. The maximum absolute atomic E-state index is 13.0. The summed E-state index contributed by atoms with van der Waals surface area (Å²) in [6.07, 6.45) is 10.6. The molecular weight excluding hydrogens is 448 g/mol. The maximum atomic E-state index is 13.0. The molecule has 1 fully saturated rings. The second kappa shape index (κ2) is 11.4.